The molecule has 0 unspecified atom stereocenters. The van der Waals surface area contributed by atoms with Crippen molar-refractivity contribution in [1.82, 2.24) is 0 Å². The number of benzene rings is 2. The zero-order chi connectivity index (χ0) is 20.9. The van der Waals surface area contributed by atoms with E-state index in [1.165, 1.54) is 6.07 Å². The Labute approximate surface area is 165 Å². The number of sulfone groups is 1. The molecule has 0 spiro atoms. The lowest BCUT2D eigenvalue weighted by molar-refractivity contribution is -0.146. The Balaban J connectivity index is 1.85. The molecule has 0 heterocycles. The maximum atomic E-state index is 12.4. The fourth-order valence-corrected chi connectivity index (χ4v) is 3.82. The van der Waals surface area contributed by atoms with E-state index in [4.69, 9.17) is 4.74 Å². The summed E-state index contributed by atoms with van der Waals surface area (Å²) in [5.41, 5.74) is 4.40. The van der Waals surface area contributed by atoms with E-state index < -0.39 is 28.3 Å². The van der Waals surface area contributed by atoms with Crippen LogP contribution in [0.3, 0.4) is 0 Å². The van der Waals surface area contributed by atoms with Gasteiger partial charge in [-0.25, -0.2) is 8.42 Å². The second-order valence-corrected chi connectivity index (χ2v) is 8.95. The van der Waals surface area contributed by atoms with Crippen LogP contribution < -0.4 is 5.32 Å². The van der Waals surface area contributed by atoms with Gasteiger partial charge in [-0.3, -0.25) is 9.59 Å². The van der Waals surface area contributed by atoms with Gasteiger partial charge in [-0.2, -0.15) is 0 Å². The lowest BCUT2D eigenvalue weighted by atomic mass is 10.1. The van der Waals surface area contributed by atoms with E-state index in [1.54, 1.807) is 12.1 Å². The standard InChI is InChI=1S/C21H25NO5S/c1-14-5-6-16(3)19(11-14)22-20(23)13-27-21(24)9-10-28(25,26)18-8-7-15(2)17(4)12-18/h5-8,11-12H,9-10,13H2,1-4H3,(H,22,23). The number of carbonyl (C=O) groups excluding carboxylic acids is 2. The maximum absolute atomic E-state index is 12.4. The van der Waals surface area contributed by atoms with E-state index in [1.807, 2.05) is 45.9 Å². The van der Waals surface area contributed by atoms with Gasteiger partial charge in [-0.05, 0) is 68.1 Å². The van der Waals surface area contributed by atoms with Crippen LogP contribution in [0.5, 0.6) is 0 Å². The number of carbonyl (C=O) groups is 2. The third-order valence-corrected chi connectivity index (χ3v) is 6.16. The average molecular weight is 404 g/mol. The molecular weight excluding hydrogens is 378 g/mol. The molecule has 6 nitrogen and oxygen atoms in total. The van der Waals surface area contributed by atoms with Crippen LogP contribution in [0.1, 0.15) is 28.7 Å². The maximum Gasteiger partial charge on any atom is 0.307 e. The number of hydrogen-bond donors (Lipinski definition) is 1. The molecule has 2 aromatic carbocycles. The predicted molar refractivity (Wildman–Crippen MR) is 108 cm³/mol. The van der Waals surface area contributed by atoms with Crippen molar-refractivity contribution in [3.63, 3.8) is 0 Å². The number of ether oxygens (including phenoxy) is 1. The van der Waals surface area contributed by atoms with Crippen molar-refractivity contribution in [3.05, 3.63) is 58.7 Å². The van der Waals surface area contributed by atoms with Crippen LogP contribution in [0.15, 0.2) is 41.3 Å². The summed E-state index contributed by atoms with van der Waals surface area (Å²) in [6, 6.07) is 10.5. The highest BCUT2D eigenvalue weighted by atomic mass is 32.2. The van der Waals surface area contributed by atoms with Crippen LogP contribution in [0.4, 0.5) is 5.69 Å². The summed E-state index contributed by atoms with van der Waals surface area (Å²) in [6.45, 7) is 7.03. The van der Waals surface area contributed by atoms with Crippen LogP contribution in [0.2, 0.25) is 0 Å². The quantitative estimate of drug-likeness (QED) is 0.717. The molecule has 150 valence electrons. The number of amides is 1. The van der Waals surface area contributed by atoms with E-state index in [-0.39, 0.29) is 17.1 Å². The molecule has 1 amide bonds. The highest BCUT2D eigenvalue weighted by Gasteiger charge is 2.18. The zero-order valence-corrected chi connectivity index (χ0v) is 17.4. The van der Waals surface area contributed by atoms with Gasteiger partial charge in [-0.15, -0.1) is 0 Å². The van der Waals surface area contributed by atoms with Crippen LogP contribution >= 0.6 is 0 Å². The van der Waals surface area contributed by atoms with Crippen LogP contribution in [-0.4, -0.2) is 32.7 Å². The summed E-state index contributed by atoms with van der Waals surface area (Å²) in [5, 5.41) is 2.68. The average Bonchev–Trinajstić information content (AvgIpc) is 2.63. The number of nitrogens with one attached hydrogen (secondary N) is 1. The largest absolute Gasteiger partial charge is 0.456 e. The fraction of sp³-hybridized carbons (Fsp3) is 0.333. The molecule has 1 N–H and O–H groups in total. The molecule has 0 aliphatic heterocycles. The normalized spacial score (nSPS) is 11.1. The Kier molecular flexibility index (Phi) is 6.96. The summed E-state index contributed by atoms with van der Waals surface area (Å²) in [5.74, 6) is -1.57. The Morgan fingerprint density at radius 2 is 1.61 bits per heavy atom. The number of aryl methyl sites for hydroxylation is 4. The molecule has 0 fully saturated rings. The zero-order valence-electron chi connectivity index (χ0n) is 16.5. The van der Waals surface area contributed by atoms with Crippen molar-refractivity contribution in [2.24, 2.45) is 0 Å². The number of anilines is 1. The van der Waals surface area contributed by atoms with Crippen molar-refractivity contribution in [2.75, 3.05) is 17.7 Å². The summed E-state index contributed by atoms with van der Waals surface area (Å²) in [7, 11) is -3.59. The SMILES string of the molecule is Cc1ccc(C)c(NC(=O)COC(=O)CCS(=O)(=O)c2ccc(C)c(C)c2)c1. The fourth-order valence-electron chi connectivity index (χ4n) is 2.52. The van der Waals surface area contributed by atoms with Gasteiger partial charge in [0.2, 0.25) is 0 Å². The Morgan fingerprint density at radius 1 is 0.929 bits per heavy atom. The van der Waals surface area contributed by atoms with Gasteiger partial charge in [0.15, 0.2) is 16.4 Å². The Hall–Kier alpha value is -2.67. The first-order valence-corrected chi connectivity index (χ1v) is 10.6. The molecule has 0 saturated carbocycles. The van der Waals surface area contributed by atoms with Gasteiger partial charge in [0, 0.05) is 5.69 Å². The van der Waals surface area contributed by atoms with E-state index in [0.717, 1.165) is 22.3 Å². The van der Waals surface area contributed by atoms with Gasteiger partial charge in [0.05, 0.1) is 17.1 Å². The summed E-state index contributed by atoms with van der Waals surface area (Å²) in [6.07, 6.45) is -0.313. The van der Waals surface area contributed by atoms with E-state index in [0.29, 0.717) is 5.69 Å². The first kappa shape index (κ1) is 21.6. The first-order valence-electron chi connectivity index (χ1n) is 8.91. The third-order valence-electron chi connectivity index (χ3n) is 4.44. The molecule has 0 bridgehead atoms. The molecule has 0 aliphatic rings. The second-order valence-electron chi connectivity index (χ2n) is 6.84. The van der Waals surface area contributed by atoms with Gasteiger partial charge >= 0.3 is 5.97 Å². The molecule has 0 aliphatic carbocycles. The molecular formula is C21H25NO5S. The van der Waals surface area contributed by atoms with Crippen molar-refractivity contribution >= 4 is 27.4 Å². The smallest absolute Gasteiger partial charge is 0.307 e. The molecule has 0 atom stereocenters. The van der Waals surface area contributed by atoms with Crippen LogP contribution in [0, 0.1) is 27.7 Å². The van der Waals surface area contributed by atoms with Gasteiger partial charge < -0.3 is 10.1 Å². The minimum atomic E-state index is -3.59. The number of rotatable bonds is 7. The second kappa shape index (κ2) is 9.01. The highest BCUT2D eigenvalue weighted by molar-refractivity contribution is 7.91. The Bertz CT molecular complexity index is 996. The lowest BCUT2D eigenvalue weighted by Gasteiger charge is -2.10. The van der Waals surface area contributed by atoms with E-state index >= 15 is 0 Å². The summed E-state index contributed by atoms with van der Waals surface area (Å²) >= 11 is 0. The number of hydrogen-bond acceptors (Lipinski definition) is 5. The van der Waals surface area contributed by atoms with Crippen LogP contribution in [0.25, 0.3) is 0 Å². The van der Waals surface area contributed by atoms with Gasteiger partial charge in [0.25, 0.3) is 5.91 Å². The molecule has 2 aromatic rings. The van der Waals surface area contributed by atoms with Crippen molar-refractivity contribution < 1.29 is 22.7 Å². The van der Waals surface area contributed by atoms with Crippen molar-refractivity contribution in [1.29, 1.82) is 0 Å². The highest BCUT2D eigenvalue weighted by Crippen LogP contribution is 2.17. The van der Waals surface area contributed by atoms with Crippen LogP contribution in [-0.2, 0) is 24.2 Å². The first-order chi connectivity index (χ1) is 13.1. The van der Waals surface area contributed by atoms with Crippen molar-refractivity contribution in [2.45, 2.75) is 39.0 Å². The number of esters is 1. The van der Waals surface area contributed by atoms with Gasteiger partial charge in [0.1, 0.15) is 0 Å². The molecule has 0 saturated heterocycles. The topological polar surface area (TPSA) is 89.5 Å². The molecule has 2 rings (SSSR count). The minimum Gasteiger partial charge on any atom is -0.456 e. The lowest BCUT2D eigenvalue weighted by Crippen LogP contribution is -2.22. The molecule has 0 aromatic heterocycles. The van der Waals surface area contributed by atoms with E-state index in [9.17, 15) is 18.0 Å². The summed E-state index contributed by atoms with van der Waals surface area (Å²) < 4.78 is 29.6. The summed E-state index contributed by atoms with van der Waals surface area (Å²) in [4.78, 5) is 24.0. The molecule has 0 radical (unpaired) electrons. The van der Waals surface area contributed by atoms with Gasteiger partial charge in [-0.1, -0.05) is 18.2 Å². The molecule has 28 heavy (non-hydrogen) atoms. The minimum absolute atomic E-state index is 0.177. The monoisotopic (exact) mass is 403 g/mol. The Morgan fingerprint density at radius 3 is 2.29 bits per heavy atom. The van der Waals surface area contributed by atoms with Crippen molar-refractivity contribution in [3.8, 4) is 0 Å². The molecule has 7 heteroatoms. The third kappa shape index (κ3) is 5.92. The van der Waals surface area contributed by atoms with E-state index in [2.05, 4.69) is 5.32 Å². The predicted octanol–water partition coefficient (Wildman–Crippen LogP) is 3.27.